The van der Waals surface area contributed by atoms with Crippen molar-refractivity contribution >= 4 is 11.6 Å². The normalized spacial score (nSPS) is 10.6. The molecule has 0 atom stereocenters. The molecule has 0 spiro atoms. The molecule has 7 heteroatoms. The number of hydrogen-bond acceptors (Lipinski definition) is 3. The number of H-pyrrole nitrogens is 1. The van der Waals surface area contributed by atoms with Crippen LogP contribution in [-0.4, -0.2) is 9.55 Å². The summed E-state index contributed by atoms with van der Waals surface area (Å²) in [4.78, 5) is 25.1. The van der Waals surface area contributed by atoms with Gasteiger partial charge < -0.3 is 4.74 Å². The molecule has 1 N–H and O–H groups in total. The summed E-state index contributed by atoms with van der Waals surface area (Å²) >= 11 is 5.74. The first-order valence-corrected chi connectivity index (χ1v) is 7.85. The largest absolute Gasteiger partial charge is 0.489 e. The minimum absolute atomic E-state index is 0.0514. The average Bonchev–Trinajstić information content (AvgIpc) is 2.60. The lowest BCUT2D eigenvalue weighted by Crippen LogP contribution is -2.29. The van der Waals surface area contributed by atoms with E-state index in [0.29, 0.717) is 11.3 Å². The van der Waals surface area contributed by atoms with E-state index in [1.807, 2.05) is 0 Å². The topological polar surface area (TPSA) is 64.1 Å². The van der Waals surface area contributed by atoms with Crippen LogP contribution in [0.3, 0.4) is 0 Å². The van der Waals surface area contributed by atoms with Crippen LogP contribution in [0, 0.1) is 5.82 Å². The Kier molecular flexibility index (Phi) is 5.00. The van der Waals surface area contributed by atoms with Gasteiger partial charge in [0.1, 0.15) is 23.2 Å². The molecule has 0 saturated carbocycles. The second kappa shape index (κ2) is 7.36. The number of ether oxygens (including phenoxy) is 1. The third kappa shape index (κ3) is 4.16. The lowest BCUT2D eigenvalue weighted by molar-refractivity contribution is 0.300. The zero-order chi connectivity index (χ0) is 17.8. The van der Waals surface area contributed by atoms with Crippen LogP contribution < -0.4 is 16.0 Å². The summed E-state index contributed by atoms with van der Waals surface area (Å²) < 4.78 is 20.4. The molecule has 0 saturated heterocycles. The molecule has 2 aromatic carbocycles. The Morgan fingerprint density at radius 2 is 1.80 bits per heavy atom. The van der Waals surface area contributed by atoms with Gasteiger partial charge in [0, 0.05) is 11.8 Å². The number of nitrogens with zero attached hydrogens (tertiary/aromatic N) is 1. The van der Waals surface area contributed by atoms with Crippen molar-refractivity contribution in [3.8, 4) is 5.75 Å². The number of benzene rings is 2. The zero-order valence-electron chi connectivity index (χ0n) is 13.0. The number of aromatic amines is 1. The van der Waals surface area contributed by atoms with E-state index >= 15 is 0 Å². The Morgan fingerprint density at radius 1 is 1.08 bits per heavy atom. The van der Waals surface area contributed by atoms with E-state index in [1.54, 1.807) is 42.5 Å². The maximum Gasteiger partial charge on any atom is 0.328 e. The van der Waals surface area contributed by atoms with E-state index in [0.717, 1.165) is 5.56 Å². The van der Waals surface area contributed by atoms with Gasteiger partial charge in [0.05, 0.1) is 6.54 Å². The number of nitrogens with one attached hydrogen (secondary N) is 1. The Bertz CT molecular complexity index is 996. The van der Waals surface area contributed by atoms with E-state index < -0.39 is 11.2 Å². The SMILES string of the molecule is O=c1[nH]c(=O)n(Cc2ccc(OCc3ccccc3F)cc2)cc1Cl. The third-order valence-corrected chi connectivity index (χ3v) is 3.87. The van der Waals surface area contributed by atoms with Crippen LogP contribution >= 0.6 is 11.6 Å². The molecule has 1 aromatic heterocycles. The summed E-state index contributed by atoms with van der Waals surface area (Å²) in [5.41, 5.74) is 0.151. The summed E-state index contributed by atoms with van der Waals surface area (Å²) in [5, 5.41) is -0.0514. The molecular weight excluding hydrogens is 347 g/mol. The molecule has 3 rings (SSSR count). The first-order valence-electron chi connectivity index (χ1n) is 7.47. The smallest absolute Gasteiger partial charge is 0.328 e. The summed E-state index contributed by atoms with van der Waals surface area (Å²) in [5.74, 6) is 0.271. The van der Waals surface area contributed by atoms with Gasteiger partial charge in [0.25, 0.3) is 5.56 Å². The van der Waals surface area contributed by atoms with Crippen molar-refractivity contribution in [3.63, 3.8) is 0 Å². The maximum absolute atomic E-state index is 13.5. The van der Waals surface area contributed by atoms with E-state index in [2.05, 4.69) is 4.98 Å². The molecule has 0 unspecified atom stereocenters. The fourth-order valence-corrected chi connectivity index (χ4v) is 2.43. The van der Waals surface area contributed by atoms with Crippen molar-refractivity contribution in [2.45, 2.75) is 13.2 Å². The first kappa shape index (κ1) is 17.0. The van der Waals surface area contributed by atoms with E-state index in [-0.39, 0.29) is 24.0 Å². The standard InChI is InChI=1S/C18H14ClFN2O3/c19-15-10-22(18(24)21-17(15)23)9-12-5-7-14(8-6-12)25-11-13-3-1-2-4-16(13)20/h1-8,10H,9,11H2,(H,21,23,24). The highest BCUT2D eigenvalue weighted by molar-refractivity contribution is 6.30. The molecular formula is C18H14ClFN2O3. The number of halogens is 2. The third-order valence-electron chi connectivity index (χ3n) is 3.60. The Hall–Kier alpha value is -2.86. The fraction of sp³-hybridized carbons (Fsp3) is 0.111. The van der Waals surface area contributed by atoms with Crippen molar-refractivity contribution in [1.29, 1.82) is 0 Å². The molecule has 0 fully saturated rings. The summed E-state index contributed by atoms with van der Waals surface area (Å²) in [6.45, 7) is 0.379. The predicted octanol–water partition coefficient (Wildman–Crippen LogP) is 2.96. The Labute approximate surface area is 147 Å². The lowest BCUT2D eigenvalue weighted by atomic mass is 10.2. The molecule has 3 aromatic rings. The van der Waals surface area contributed by atoms with Crippen LogP contribution in [0.15, 0.2) is 64.3 Å². The van der Waals surface area contributed by atoms with Crippen LogP contribution in [0.1, 0.15) is 11.1 Å². The van der Waals surface area contributed by atoms with Crippen molar-refractivity contribution in [2.75, 3.05) is 0 Å². The van der Waals surface area contributed by atoms with Crippen LogP contribution in [0.25, 0.3) is 0 Å². The van der Waals surface area contributed by atoms with Gasteiger partial charge in [0.2, 0.25) is 0 Å². The number of hydrogen-bond donors (Lipinski definition) is 1. The highest BCUT2D eigenvalue weighted by Crippen LogP contribution is 2.16. The quantitative estimate of drug-likeness (QED) is 0.760. The van der Waals surface area contributed by atoms with Crippen molar-refractivity contribution in [1.82, 2.24) is 9.55 Å². The van der Waals surface area contributed by atoms with Crippen LogP contribution in [0.4, 0.5) is 4.39 Å². The van der Waals surface area contributed by atoms with Crippen molar-refractivity contribution in [2.24, 2.45) is 0 Å². The second-order valence-electron chi connectivity index (χ2n) is 5.39. The van der Waals surface area contributed by atoms with E-state index in [9.17, 15) is 14.0 Å². The highest BCUT2D eigenvalue weighted by Gasteiger charge is 2.05. The molecule has 25 heavy (non-hydrogen) atoms. The zero-order valence-corrected chi connectivity index (χ0v) is 13.8. The van der Waals surface area contributed by atoms with Crippen LogP contribution in [0.5, 0.6) is 5.75 Å². The molecule has 0 amide bonds. The monoisotopic (exact) mass is 360 g/mol. The number of rotatable bonds is 5. The molecule has 0 bridgehead atoms. The molecule has 128 valence electrons. The first-order chi connectivity index (χ1) is 12.0. The van der Waals surface area contributed by atoms with Gasteiger partial charge in [-0.25, -0.2) is 9.18 Å². The van der Waals surface area contributed by atoms with Gasteiger partial charge in [0.15, 0.2) is 0 Å². The van der Waals surface area contributed by atoms with Gasteiger partial charge in [-0.05, 0) is 23.8 Å². The van der Waals surface area contributed by atoms with Crippen LogP contribution in [-0.2, 0) is 13.2 Å². The van der Waals surface area contributed by atoms with Gasteiger partial charge in [-0.1, -0.05) is 41.9 Å². The van der Waals surface area contributed by atoms with E-state index in [1.165, 1.54) is 16.8 Å². The Morgan fingerprint density at radius 3 is 2.52 bits per heavy atom. The number of aromatic nitrogens is 2. The van der Waals surface area contributed by atoms with Gasteiger partial charge in [-0.3, -0.25) is 14.3 Å². The molecule has 1 heterocycles. The minimum atomic E-state index is -0.611. The molecule has 0 aliphatic carbocycles. The van der Waals surface area contributed by atoms with Crippen LogP contribution in [0.2, 0.25) is 5.02 Å². The predicted molar refractivity (Wildman–Crippen MR) is 92.6 cm³/mol. The minimum Gasteiger partial charge on any atom is -0.489 e. The maximum atomic E-state index is 13.5. The molecule has 0 aliphatic rings. The fourth-order valence-electron chi connectivity index (χ4n) is 2.26. The van der Waals surface area contributed by atoms with Gasteiger partial charge >= 0.3 is 5.69 Å². The Balaban J connectivity index is 1.68. The average molecular weight is 361 g/mol. The van der Waals surface area contributed by atoms with Crippen molar-refractivity contribution in [3.05, 3.63) is 97.5 Å². The molecule has 0 aliphatic heterocycles. The second-order valence-corrected chi connectivity index (χ2v) is 5.80. The summed E-state index contributed by atoms with van der Waals surface area (Å²) in [6, 6.07) is 13.4. The summed E-state index contributed by atoms with van der Waals surface area (Å²) in [6.07, 6.45) is 1.30. The van der Waals surface area contributed by atoms with Gasteiger partial charge in [-0.15, -0.1) is 0 Å². The molecule has 5 nitrogen and oxygen atoms in total. The van der Waals surface area contributed by atoms with Gasteiger partial charge in [-0.2, -0.15) is 0 Å². The summed E-state index contributed by atoms with van der Waals surface area (Å²) in [7, 11) is 0. The molecule has 0 radical (unpaired) electrons. The lowest BCUT2D eigenvalue weighted by Gasteiger charge is -2.09. The van der Waals surface area contributed by atoms with Crippen molar-refractivity contribution < 1.29 is 9.13 Å². The van der Waals surface area contributed by atoms with E-state index in [4.69, 9.17) is 16.3 Å². The highest BCUT2D eigenvalue weighted by atomic mass is 35.5.